The Hall–Kier alpha value is -2.58. The molecule has 0 bridgehead atoms. The van der Waals surface area contributed by atoms with Crippen molar-refractivity contribution in [3.8, 4) is 5.69 Å². The van der Waals surface area contributed by atoms with E-state index in [2.05, 4.69) is 25.0 Å². The SMILES string of the molecule is CC(Sc1nnc(CN2CCCC2)n1-c1ccccc1)C(=O)NCc1ccco1. The van der Waals surface area contributed by atoms with Crippen LogP contribution in [0.15, 0.2) is 58.3 Å². The molecule has 1 atom stereocenters. The lowest BCUT2D eigenvalue weighted by Gasteiger charge is -2.17. The van der Waals surface area contributed by atoms with Crippen molar-refractivity contribution in [1.82, 2.24) is 25.0 Å². The van der Waals surface area contributed by atoms with Crippen LogP contribution < -0.4 is 5.32 Å². The first-order valence-corrected chi connectivity index (χ1v) is 10.8. The number of rotatable bonds is 8. The molecule has 3 heterocycles. The molecule has 1 amide bonds. The molecule has 152 valence electrons. The third kappa shape index (κ3) is 4.89. The third-order valence-corrected chi connectivity index (χ3v) is 5.99. The standard InChI is InChI=1S/C21H25N5O2S/c1-16(20(27)22-14-18-10-7-13-28-18)29-21-24-23-19(15-25-11-5-6-12-25)26(21)17-8-3-2-4-9-17/h2-4,7-10,13,16H,5-6,11-12,14-15H2,1H3,(H,22,27). The maximum atomic E-state index is 12.5. The lowest BCUT2D eigenvalue weighted by Crippen LogP contribution is -2.30. The molecule has 7 nitrogen and oxygen atoms in total. The Bertz CT molecular complexity index is 920. The van der Waals surface area contributed by atoms with Gasteiger partial charge in [0.15, 0.2) is 11.0 Å². The molecule has 1 unspecified atom stereocenters. The highest BCUT2D eigenvalue weighted by Gasteiger charge is 2.23. The number of aromatic nitrogens is 3. The van der Waals surface area contributed by atoms with Gasteiger partial charge in [-0.2, -0.15) is 0 Å². The average molecular weight is 412 g/mol. The summed E-state index contributed by atoms with van der Waals surface area (Å²) in [5.41, 5.74) is 1.01. The fraction of sp³-hybridized carbons (Fsp3) is 0.381. The molecule has 2 aromatic heterocycles. The molecule has 0 aliphatic carbocycles. The minimum absolute atomic E-state index is 0.0601. The Morgan fingerprint density at radius 3 is 2.69 bits per heavy atom. The van der Waals surface area contributed by atoms with Crippen LogP contribution in [0.2, 0.25) is 0 Å². The minimum Gasteiger partial charge on any atom is -0.467 e. The fourth-order valence-corrected chi connectivity index (χ4v) is 4.31. The molecule has 8 heteroatoms. The van der Waals surface area contributed by atoms with Crippen molar-refractivity contribution in [3.63, 3.8) is 0 Å². The highest BCUT2D eigenvalue weighted by Crippen LogP contribution is 2.27. The van der Waals surface area contributed by atoms with Gasteiger partial charge >= 0.3 is 0 Å². The van der Waals surface area contributed by atoms with Crippen molar-refractivity contribution >= 4 is 17.7 Å². The van der Waals surface area contributed by atoms with E-state index in [0.717, 1.165) is 42.1 Å². The smallest absolute Gasteiger partial charge is 0.233 e. The van der Waals surface area contributed by atoms with E-state index in [1.165, 1.54) is 24.6 Å². The number of amides is 1. The number of furan rings is 1. The molecule has 1 aliphatic heterocycles. The summed E-state index contributed by atoms with van der Waals surface area (Å²) in [5.74, 6) is 1.58. The van der Waals surface area contributed by atoms with Gasteiger partial charge in [-0.25, -0.2) is 0 Å². The Kier molecular flexibility index (Phi) is 6.31. The van der Waals surface area contributed by atoms with Crippen LogP contribution >= 0.6 is 11.8 Å². The first-order valence-electron chi connectivity index (χ1n) is 9.89. The average Bonchev–Trinajstić information content (AvgIpc) is 3.50. The number of hydrogen-bond donors (Lipinski definition) is 1. The van der Waals surface area contributed by atoms with Gasteiger partial charge in [-0.1, -0.05) is 30.0 Å². The van der Waals surface area contributed by atoms with Crippen LogP contribution in [-0.2, 0) is 17.9 Å². The minimum atomic E-state index is -0.309. The van der Waals surface area contributed by atoms with Gasteiger partial charge in [0.2, 0.25) is 5.91 Å². The molecule has 1 aromatic carbocycles. The number of benzene rings is 1. The highest BCUT2D eigenvalue weighted by molar-refractivity contribution is 8.00. The number of hydrogen-bond acceptors (Lipinski definition) is 6. The van der Waals surface area contributed by atoms with Crippen LogP contribution in [-0.4, -0.2) is 43.9 Å². The van der Waals surface area contributed by atoms with Gasteiger partial charge in [-0.3, -0.25) is 14.3 Å². The fourth-order valence-electron chi connectivity index (χ4n) is 3.40. The van der Waals surface area contributed by atoms with E-state index in [-0.39, 0.29) is 11.2 Å². The molecule has 3 aromatic rings. The van der Waals surface area contributed by atoms with E-state index in [4.69, 9.17) is 4.42 Å². The monoisotopic (exact) mass is 411 g/mol. The van der Waals surface area contributed by atoms with E-state index in [0.29, 0.717) is 6.54 Å². The number of nitrogens with zero attached hydrogens (tertiary/aromatic N) is 4. The van der Waals surface area contributed by atoms with Crippen LogP contribution in [0.4, 0.5) is 0 Å². The number of para-hydroxylation sites is 1. The molecule has 4 rings (SSSR count). The van der Waals surface area contributed by atoms with Crippen LogP contribution in [0.5, 0.6) is 0 Å². The maximum Gasteiger partial charge on any atom is 0.233 e. The van der Waals surface area contributed by atoms with E-state index in [1.807, 2.05) is 49.4 Å². The second-order valence-corrected chi connectivity index (χ2v) is 8.42. The summed E-state index contributed by atoms with van der Waals surface area (Å²) in [5, 5.41) is 12.2. The molecular formula is C21H25N5O2S. The van der Waals surface area contributed by atoms with Crippen molar-refractivity contribution in [2.45, 2.75) is 43.3 Å². The second kappa shape index (κ2) is 9.28. The van der Waals surface area contributed by atoms with Crippen molar-refractivity contribution in [1.29, 1.82) is 0 Å². The Morgan fingerprint density at radius 2 is 1.97 bits per heavy atom. The second-order valence-electron chi connectivity index (χ2n) is 7.11. The van der Waals surface area contributed by atoms with Gasteiger partial charge in [0, 0.05) is 5.69 Å². The summed E-state index contributed by atoms with van der Waals surface area (Å²) in [6.07, 6.45) is 4.06. The molecular weight excluding hydrogens is 386 g/mol. The third-order valence-electron chi connectivity index (χ3n) is 4.95. The molecule has 1 fully saturated rings. The quantitative estimate of drug-likeness (QED) is 0.574. The summed E-state index contributed by atoms with van der Waals surface area (Å²) in [6.45, 7) is 5.21. The van der Waals surface area contributed by atoms with E-state index in [9.17, 15) is 4.79 Å². The first kappa shape index (κ1) is 19.7. The van der Waals surface area contributed by atoms with Gasteiger partial charge in [0.05, 0.1) is 24.6 Å². The van der Waals surface area contributed by atoms with Gasteiger partial charge in [-0.05, 0) is 57.1 Å². The Balaban J connectivity index is 1.49. The molecule has 1 N–H and O–H groups in total. The summed E-state index contributed by atoms with van der Waals surface area (Å²) >= 11 is 1.42. The van der Waals surface area contributed by atoms with E-state index < -0.39 is 0 Å². The maximum absolute atomic E-state index is 12.5. The normalized spacial score (nSPS) is 15.5. The summed E-state index contributed by atoms with van der Waals surface area (Å²) < 4.78 is 7.34. The van der Waals surface area contributed by atoms with Gasteiger partial charge in [0.1, 0.15) is 5.76 Å². The molecule has 29 heavy (non-hydrogen) atoms. The Labute approximate surface area is 174 Å². The number of nitrogens with one attached hydrogen (secondary N) is 1. The molecule has 0 radical (unpaired) electrons. The zero-order valence-electron chi connectivity index (χ0n) is 16.5. The molecule has 0 saturated carbocycles. The highest BCUT2D eigenvalue weighted by atomic mass is 32.2. The molecule has 1 saturated heterocycles. The van der Waals surface area contributed by atoms with E-state index >= 15 is 0 Å². The topological polar surface area (TPSA) is 76.2 Å². The van der Waals surface area contributed by atoms with Crippen LogP contribution in [0.25, 0.3) is 5.69 Å². The zero-order chi connectivity index (χ0) is 20.1. The summed E-state index contributed by atoms with van der Waals surface area (Å²) in [7, 11) is 0. The summed E-state index contributed by atoms with van der Waals surface area (Å²) in [6, 6.07) is 13.7. The van der Waals surface area contributed by atoms with Gasteiger partial charge in [-0.15, -0.1) is 10.2 Å². The predicted molar refractivity (Wildman–Crippen MR) is 112 cm³/mol. The molecule has 0 spiro atoms. The van der Waals surface area contributed by atoms with Crippen molar-refractivity contribution in [3.05, 3.63) is 60.3 Å². The lowest BCUT2D eigenvalue weighted by atomic mass is 10.3. The number of carbonyl (C=O) groups is 1. The van der Waals surface area contributed by atoms with Gasteiger partial charge < -0.3 is 9.73 Å². The van der Waals surface area contributed by atoms with Gasteiger partial charge in [0.25, 0.3) is 0 Å². The first-order chi connectivity index (χ1) is 14.2. The number of carbonyl (C=O) groups excluding carboxylic acids is 1. The largest absolute Gasteiger partial charge is 0.467 e. The van der Waals surface area contributed by atoms with Crippen molar-refractivity contribution in [2.75, 3.05) is 13.1 Å². The zero-order valence-corrected chi connectivity index (χ0v) is 17.3. The van der Waals surface area contributed by atoms with Crippen LogP contribution in [0.1, 0.15) is 31.4 Å². The van der Waals surface area contributed by atoms with E-state index in [1.54, 1.807) is 6.26 Å². The predicted octanol–water partition coefficient (Wildman–Crippen LogP) is 3.25. The molecule has 1 aliphatic rings. The van der Waals surface area contributed by atoms with Crippen molar-refractivity contribution < 1.29 is 9.21 Å². The lowest BCUT2D eigenvalue weighted by molar-refractivity contribution is -0.120. The van der Waals surface area contributed by atoms with Crippen LogP contribution in [0, 0.1) is 0 Å². The number of thioether (sulfide) groups is 1. The number of likely N-dealkylation sites (tertiary alicyclic amines) is 1. The Morgan fingerprint density at radius 1 is 1.17 bits per heavy atom. The van der Waals surface area contributed by atoms with Crippen LogP contribution in [0.3, 0.4) is 0 Å². The summed E-state index contributed by atoms with van der Waals surface area (Å²) in [4.78, 5) is 14.9. The van der Waals surface area contributed by atoms with Crippen molar-refractivity contribution in [2.24, 2.45) is 0 Å².